The van der Waals surface area contributed by atoms with Crippen molar-refractivity contribution in [1.29, 1.82) is 0 Å². The smallest absolute Gasteiger partial charge is 0.339 e. The van der Waals surface area contributed by atoms with Crippen LogP contribution in [0.25, 0.3) is 11.3 Å². The van der Waals surface area contributed by atoms with Gasteiger partial charge in [0, 0.05) is 11.8 Å². The fourth-order valence-electron chi connectivity index (χ4n) is 1.53. The molecule has 3 nitrogen and oxygen atoms in total. The van der Waals surface area contributed by atoms with Crippen LogP contribution in [0.15, 0.2) is 36.5 Å². The number of carbonyl (C=O) groups excluding carboxylic acids is 1. The van der Waals surface area contributed by atoms with Gasteiger partial charge in [-0.15, -0.1) is 0 Å². The Kier molecular flexibility index (Phi) is 3.84. The number of aromatic nitrogens is 1. The second-order valence-corrected chi connectivity index (χ2v) is 4.33. The fraction of sp³-hybridized carbons (Fsp3) is 0.0769. The van der Waals surface area contributed by atoms with E-state index in [1.54, 1.807) is 24.4 Å². The second kappa shape index (κ2) is 5.38. The van der Waals surface area contributed by atoms with Crippen molar-refractivity contribution >= 4 is 29.2 Å². The third kappa shape index (κ3) is 2.47. The molecule has 0 unspecified atom stereocenters. The fourth-order valence-corrected chi connectivity index (χ4v) is 2.09. The van der Waals surface area contributed by atoms with Gasteiger partial charge < -0.3 is 4.74 Å². The maximum absolute atomic E-state index is 11.6. The number of carbonyl (C=O) groups is 1. The average Bonchev–Trinajstić information content (AvgIpc) is 2.39. The number of benzene rings is 1. The molecule has 0 atom stereocenters. The van der Waals surface area contributed by atoms with Gasteiger partial charge in [-0.2, -0.15) is 0 Å². The van der Waals surface area contributed by atoms with Gasteiger partial charge in [0.15, 0.2) is 0 Å². The van der Waals surface area contributed by atoms with Crippen molar-refractivity contribution in [3.8, 4) is 11.3 Å². The van der Waals surface area contributed by atoms with Crippen LogP contribution in [0.1, 0.15) is 10.4 Å². The van der Waals surface area contributed by atoms with Crippen LogP contribution in [0.3, 0.4) is 0 Å². The zero-order chi connectivity index (χ0) is 13.1. The van der Waals surface area contributed by atoms with E-state index in [1.807, 2.05) is 6.07 Å². The molecule has 1 aromatic heterocycles. The van der Waals surface area contributed by atoms with Crippen LogP contribution in [-0.4, -0.2) is 18.1 Å². The first-order chi connectivity index (χ1) is 8.63. The molecule has 1 aromatic carbocycles. The molecule has 1 heterocycles. The van der Waals surface area contributed by atoms with Gasteiger partial charge in [0.1, 0.15) is 0 Å². The third-order valence-corrected chi connectivity index (χ3v) is 3.03. The van der Waals surface area contributed by atoms with Crippen molar-refractivity contribution < 1.29 is 9.53 Å². The van der Waals surface area contributed by atoms with Gasteiger partial charge in [0.25, 0.3) is 0 Å². The van der Waals surface area contributed by atoms with E-state index in [0.29, 0.717) is 16.3 Å². The first-order valence-electron chi connectivity index (χ1n) is 5.12. The number of nitrogens with zero attached hydrogens (tertiary/aromatic N) is 1. The van der Waals surface area contributed by atoms with Gasteiger partial charge in [-0.1, -0.05) is 29.3 Å². The molecule has 0 spiro atoms. The molecule has 2 rings (SSSR count). The minimum atomic E-state index is -0.506. The zero-order valence-corrected chi connectivity index (χ0v) is 11.0. The Labute approximate surface area is 114 Å². The summed E-state index contributed by atoms with van der Waals surface area (Å²) in [5, 5.41) is 0.692. The number of pyridine rings is 1. The summed E-state index contributed by atoms with van der Waals surface area (Å²) in [7, 11) is 1.30. The highest BCUT2D eigenvalue weighted by Crippen LogP contribution is 2.32. The summed E-state index contributed by atoms with van der Waals surface area (Å²) < 4.78 is 4.66. The highest BCUT2D eigenvalue weighted by atomic mass is 35.5. The van der Waals surface area contributed by atoms with E-state index >= 15 is 0 Å². The Morgan fingerprint density at radius 1 is 1.22 bits per heavy atom. The molecular weight excluding hydrogens is 273 g/mol. The number of esters is 1. The monoisotopic (exact) mass is 281 g/mol. The van der Waals surface area contributed by atoms with E-state index in [-0.39, 0.29) is 10.6 Å². The first-order valence-corrected chi connectivity index (χ1v) is 5.88. The number of rotatable bonds is 2. The summed E-state index contributed by atoms with van der Waals surface area (Å²) in [5.74, 6) is -0.506. The standard InChI is InChI=1S/C13H9Cl2NO2/c1-18-13(17)9-6-8(10(14)7-11(9)15)12-4-2-3-5-16-12/h2-7H,1H3. The predicted octanol–water partition coefficient (Wildman–Crippen LogP) is 3.84. The van der Waals surface area contributed by atoms with Crippen LogP contribution in [0, 0.1) is 0 Å². The molecular formula is C13H9Cl2NO2. The highest BCUT2D eigenvalue weighted by molar-refractivity contribution is 6.38. The Bertz CT molecular complexity index is 585. The normalized spacial score (nSPS) is 10.2. The summed E-state index contributed by atoms with van der Waals surface area (Å²) in [4.78, 5) is 15.7. The lowest BCUT2D eigenvalue weighted by atomic mass is 10.1. The molecule has 0 radical (unpaired) electrons. The third-order valence-electron chi connectivity index (χ3n) is 2.40. The number of hydrogen-bond donors (Lipinski definition) is 0. The lowest BCUT2D eigenvalue weighted by molar-refractivity contribution is 0.0601. The average molecular weight is 282 g/mol. The molecule has 18 heavy (non-hydrogen) atoms. The molecule has 0 saturated carbocycles. The van der Waals surface area contributed by atoms with Crippen molar-refractivity contribution in [2.45, 2.75) is 0 Å². The van der Waals surface area contributed by atoms with E-state index in [2.05, 4.69) is 9.72 Å². The molecule has 0 N–H and O–H groups in total. The zero-order valence-electron chi connectivity index (χ0n) is 9.48. The second-order valence-electron chi connectivity index (χ2n) is 3.52. The van der Waals surface area contributed by atoms with E-state index in [9.17, 15) is 4.79 Å². The van der Waals surface area contributed by atoms with E-state index in [4.69, 9.17) is 23.2 Å². The van der Waals surface area contributed by atoms with Crippen LogP contribution < -0.4 is 0 Å². The maximum Gasteiger partial charge on any atom is 0.339 e. The van der Waals surface area contributed by atoms with Crippen LogP contribution in [-0.2, 0) is 4.74 Å². The van der Waals surface area contributed by atoms with Gasteiger partial charge in [-0.3, -0.25) is 4.98 Å². The number of hydrogen-bond acceptors (Lipinski definition) is 3. The summed E-state index contributed by atoms with van der Waals surface area (Å²) in [5.41, 5.74) is 1.58. The van der Waals surface area contributed by atoms with Gasteiger partial charge in [-0.25, -0.2) is 4.79 Å². The lowest BCUT2D eigenvalue weighted by Gasteiger charge is -2.08. The molecule has 0 saturated heterocycles. The molecule has 0 amide bonds. The molecule has 2 aromatic rings. The Morgan fingerprint density at radius 2 is 2.00 bits per heavy atom. The molecule has 0 fully saturated rings. The number of ether oxygens (including phenoxy) is 1. The van der Waals surface area contributed by atoms with E-state index in [0.717, 1.165) is 0 Å². The van der Waals surface area contributed by atoms with E-state index in [1.165, 1.54) is 13.2 Å². The van der Waals surface area contributed by atoms with Gasteiger partial charge in [0.05, 0.1) is 28.4 Å². The molecule has 0 aliphatic rings. The predicted molar refractivity (Wildman–Crippen MR) is 71.0 cm³/mol. The van der Waals surface area contributed by atoms with Crippen LogP contribution in [0.4, 0.5) is 0 Å². The van der Waals surface area contributed by atoms with Gasteiger partial charge >= 0.3 is 5.97 Å². The Balaban J connectivity index is 2.59. The highest BCUT2D eigenvalue weighted by Gasteiger charge is 2.15. The molecule has 0 aliphatic carbocycles. The van der Waals surface area contributed by atoms with E-state index < -0.39 is 5.97 Å². The van der Waals surface area contributed by atoms with Gasteiger partial charge in [-0.05, 0) is 24.3 Å². The van der Waals surface area contributed by atoms with Crippen LogP contribution >= 0.6 is 23.2 Å². The minimum absolute atomic E-state index is 0.256. The van der Waals surface area contributed by atoms with Crippen molar-refractivity contribution in [1.82, 2.24) is 4.98 Å². The quantitative estimate of drug-likeness (QED) is 0.785. The molecule has 5 heteroatoms. The lowest BCUT2D eigenvalue weighted by Crippen LogP contribution is -2.02. The largest absolute Gasteiger partial charge is 0.465 e. The number of methoxy groups -OCH3 is 1. The molecule has 92 valence electrons. The Morgan fingerprint density at radius 3 is 2.61 bits per heavy atom. The van der Waals surface area contributed by atoms with Gasteiger partial charge in [0.2, 0.25) is 0 Å². The van der Waals surface area contributed by atoms with Crippen molar-refractivity contribution in [3.63, 3.8) is 0 Å². The minimum Gasteiger partial charge on any atom is -0.465 e. The number of halogens is 2. The van der Waals surface area contributed by atoms with Crippen molar-refractivity contribution in [2.75, 3.05) is 7.11 Å². The maximum atomic E-state index is 11.6. The van der Waals surface area contributed by atoms with Crippen molar-refractivity contribution in [2.24, 2.45) is 0 Å². The first kappa shape index (κ1) is 12.9. The Hall–Kier alpha value is -1.58. The van der Waals surface area contributed by atoms with Crippen molar-refractivity contribution in [3.05, 3.63) is 52.1 Å². The summed E-state index contributed by atoms with van der Waals surface area (Å²) in [6, 6.07) is 8.54. The molecule has 0 bridgehead atoms. The molecule has 0 aliphatic heterocycles. The summed E-state index contributed by atoms with van der Waals surface area (Å²) in [6.07, 6.45) is 1.65. The van der Waals surface area contributed by atoms with Crippen LogP contribution in [0.2, 0.25) is 10.0 Å². The summed E-state index contributed by atoms with van der Waals surface area (Å²) in [6.45, 7) is 0. The summed E-state index contributed by atoms with van der Waals surface area (Å²) >= 11 is 12.1. The van der Waals surface area contributed by atoms with Crippen LogP contribution in [0.5, 0.6) is 0 Å². The SMILES string of the molecule is COC(=O)c1cc(-c2ccccn2)c(Cl)cc1Cl. The topological polar surface area (TPSA) is 39.2 Å².